The molecule has 128 valence electrons. The predicted octanol–water partition coefficient (Wildman–Crippen LogP) is 0.473. The van der Waals surface area contributed by atoms with Crippen LogP contribution in [0.15, 0.2) is 24.3 Å². The molecule has 6 nitrogen and oxygen atoms in total. The highest BCUT2D eigenvalue weighted by Crippen LogP contribution is 2.17. The molecule has 23 heavy (non-hydrogen) atoms. The SMILES string of the molecule is COc1ccccc1CCNC(=O)CN(C)C1CCS(=O)(=O)C1. The van der Waals surface area contributed by atoms with Crippen molar-refractivity contribution in [1.29, 1.82) is 0 Å². The number of rotatable bonds is 7. The van der Waals surface area contributed by atoms with Gasteiger partial charge in [-0.2, -0.15) is 0 Å². The van der Waals surface area contributed by atoms with Crippen molar-refractivity contribution >= 4 is 15.7 Å². The van der Waals surface area contributed by atoms with Crippen molar-refractivity contribution in [3.05, 3.63) is 29.8 Å². The van der Waals surface area contributed by atoms with Crippen LogP contribution in [-0.2, 0) is 21.1 Å². The summed E-state index contributed by atoms with van der Waals surface area (Å²) in [7, 11) is 0.500. The van der Waals surface area contributed by atoms with Crippen molar-refractivity contribution in [2.24, 2.45) is 0 Å². The zero-order valence-electron chi connectivity index (χ0n) is 13.6. The number of carbonyl (C=O) groups is 1. The summed E-state index contributed by atoms with van der Waals surface area (Å²) in [6, 6.07) is 7.66. The zero-order chi connectivity index (χ0) is 16.9. The third-order valence-electron chi connectivity index (χ3n) is 4.13. The molecule has 0 radical (unpaired) electrons. The first-order valence-electron chi connectivity index (χ1n) is 7.70. The van der Waals surface area contributed by atoms with Gasteiger partial charge in [0.15, 0.2) is 9.84 Å². The molecule has 0 aliphatic carbocycles. The molecule has 1 aliphatic heterocycles. The molecule has 0 aromatic heterocycles. The van der Waals surface area contributed by atoms with Crippen LogP contribution in [-0.4, -0.2) is 64.0 Å². The second-order valence-corrected chi connectivity index (χ2v) is 8.11. The molecule has 1 N–H and O–H groups in total. The van der Waals surface area contributed by atoms with Crippen LogP contribution in [0.3, 0.4) is 0 Å². The normalized spacial score (nSPS) is 19.7. The molecular formula is C16H24N2O4S. The first kappa shape index (κ1) is 17.7. The molecule has 1 heterocycles. The summed E-state index contributed by atoms with van der Waals surface area (Å²) in [6.45, 7) is 0.738. The minimum Gasteiger partial charge on any atom is -0.496 e. The van der Waals surface area contributed by atoms with Gasteiger partial charge in [-0.25, -0.2) is 8.42 Å². The van der Waals surface area contributed by atoms with Crippen molar-refractivity contribution in [2.75, 3.05) is 38.8 Å². The Hall–Kier alpha value is -1.60. The van der Waals surface area contributed by atoms with Crippen LogP contribution in [0, 0.1) is 0 Å². The lowest BCUT2D eigenvalue weighted by atomic mass is 10.1. The molecular weight excluding hydrogens is 316 g/mol. The number of nitrogens with zero attached hydrogens (tertiary/aromatic N) is 1. The first-order valence-corrected chi connectivity index (χ1v) is 9.52. The van der Waals surface area contributed by atoms with Gasteiger partial charge in [0.25, 0.3) is 0 Å². The monoisotopic (exact) mass is 340 g/mol. The van der Waals surface area contributed by atoms with E-state index in [2.05, 4.69) is 5.32 Å². The summed E-state index contributed by atoms with van der Waals surface area (Å²) in [5, 5.41) is 2.87. The lowest BCUT2D eigenvalue weighted by molar-refractivity contribution is -0.122. The predicted molar refractivity (Wildman–Crippen MR) is 89.4 cm³/mol. The van der Waals surface area contributed by atoms with Gasteiger partial charge in [-0.3, -0.25) is 9.69 Å². The Labute approximate surface area is 137 Å². The van der Waals surface area contributed by atoms with E-state index in [1.165, 1.54) is 0 Å². The van der Waals surface area contributed by atoms with Crippen molar-refractivity contribution in [2.45, 2.75) is 18.9 Å². The third-order valence-corrected chi connectivity index (χ3v) is 5.88. The lowest BCUT2D eigenvalue weighted by Crippen LogP contribution is -2.41. The van der Waals surface area contributed by atoms with Crippen molar-refractivity contribution in [1.82, 2.24) is 10.2 Å². The summed E-state index contributed by atoms with van der Waals surface area (Å²) in [4.78, 5) is 13.8. The molecule has 7 heteroatoms. The maximum Gasteiger partial charge on any atom is 0.234 e. The molecule has 0 bridgehead atoms. The maximum atomic E-state index is 12.0. The minimum atomic E-state index is -2.92. The number of sulfone groups is 1. The number of benzene rings is 1. The smallest absolute Gasteiger partial charge is 0.234 e. The minimum absolute atomic E-state index is 0.0556. The van der Waals surface area contributed by atoms with Crippen LogP contribution in [0.25, 0.3) is 0 Å². The van der Waals surface area contributed by atoms with Gasteiger partial charge in [-0.1, -0.05) is 18.2 Å². The van der Waals surface area contributed by atoms with E-state index in [0.29, 0.717) is 19.4 Å². The number of carbonyl (C=O) groups excluding carboxylic acids is 1. The van der Waals surface area contributed by atoms with Gasteiger partial charge in [0.1, 0.15) is 5.75 Å². The fourth-order valence-electron chi connectivity index (χ4n) is 2.78. The number of ether oxygens (including phenoxy) is 1. The van der Waals surface area contributed by atoms with Gasteiger partial charge in [0, 0.05) is 12.6 Å². The van der Waals surface area contributed by atoms with E-state index in [0.717, 1.165) is 11.3 Å². The number of hydrogen-bond donors (Lipinski definition) is 1. The van der Waals surface area contributed by atoms with E-state index in [9.17, 15) is 13.2 Å². The van der Waals surface area contributed by atoms with Crippen LogP contribution in [0.4, 0.5) is 0 Å². The van der Waals surface area contributed by atoms with Crippen LogP contribution >= 0.6 is 0 Å². The number of hydrogen-bond acceptors (Lipinski definition) is 5. The number of para-hydroxylation sites is 1. The molecule has 1 unspecified atom stereocenters. The Balaban J connectivity index is 1.75. The lowest BCUT2D eigenvalue weighted by Gasteiger charge is -2.22. The molecule has 0 saturated carbocycles. The average molecular weight is 340 g/mol. The second kappa shape index (κ2) is 7.79. The van der Waals surface area contributed by atoms with Gasteiger partial charge in [-0.05, 0) is 31.5 Å². The number of amides is 1. The van der Waals surface area contributed by atoms with E-state index < -0.39 is 9.84 Å². The van der Waals surface area contributed by atoms with Crippen LogP contribution < -0.4 is 10.1 Å². The summed E-state index contributed by atoms with van der Waals surface area (Å²) in [5.74, 6) is 1.09. The third kappa shape index (κ3) is 5.21. The van der Waals surface area contributed by atoms with E-state index >= 15 is 0 Å². The summed E-state index contributed by atoms with van der Waals surface area (Å²) >= 11 is 0. The highest BCUT2D eigenvalue weighted by Gasteiger charge is 2.31. The Morgan fingerprint density at radius 3 is 2.78 bits per heavy atom. The summed E-state index contributed by atoms with van der Waals surface area (Å²) in [5.41, 5.74) is 1.05. The molecule has 1 saturated heterocycles. The van der Waals surface area contributed by atoms with Crippen molar-refractivity contribution in [3.63, 3.8) is 0 Å². The standard InChI is InChI=1S/C16H24N2O4S/c1-18(14-8-10-23(20,21)12-14)11-16(19)17-9-7-13-5-3-4-6-15(13)22-2/h3-6,14H,7-12H2,1-2H3,(H,17,19). The van der Waals surface area contributed by atoms with E-state index in [1.54, 1.807) is 14.2 Å². The number of methoxy groups -OCH3 is 1. The Morgan fingerprint density at radius 2 is 2.13 bits per heavy atom. The van der Waals surface area contributed by atoms with Crippen LogP contribution in [0.1, 0.15) is 12.0 Å². The van der Waals surface area contributed by atoms with Crippen LogP contribution in [0.5, 0.6) is 5.75 Å². The van der Waals surface area contributed by atoms with Gasteiger partial charge in [0.2, 0.25) is 5.91 Å². The van der Waals surface area contributed by atoms with E-state index in [4.69, 9.17) is 4.74 Å². The molecule has 2 rings (SSSR count). The highest BCUT2D eigenvalue weighted by atomic mass is 32.2. The topological polar surface area (TPSA) is 75.7 Å². The molecule has 1 atom stereocenters. The molecule has 1 aromatic rings. The first-order chi connectivity index (χ1) is 10.9. The van der Waals surface area contributed by atoms with Gasteiger partial charge in [-0.15, -0.1) is 0 Å². The van der Waals surface area contributed by atoms with Crippen LogP contribution in [0.2, 0.25) is 0 Å². The Bertz CT molecular complexity index is 645. The maximum absolute atomic E-state index is 12.0. The zero-order valence-corrected chi connectivity index (χ0v) is 14.4. The molecule has 1 amide bonds. The Kier molecular flexibility index (Phi) is 6.01. The Morgan fingerprint density at radius 1 is 1.39 bits per heavy atom. The number of nitrogens with one attached hydrogen (secondary N) is 1. The number of likely N-dealkylation sites (N-methyl/N-ethyl adjacent to an activating group) is 1. The van der Waals surface area contributed by atoms with Crippen molar-refractivity contribution in [3.8, 4) is 5.75 Å². The fraction of sp³-hybridized carbons (Fsp3) is 0.562. The van der Waals surface area contributed by atoms with Gasteiger partial charge in [0.05, 0.1) is 25.2 Å². The molecule has 1 fully saturated rings. The molecule has 1 aliphatic rings. The highest BCUT2D eigenvalue weighted by molar-refractivity contribution is 7.91. The second-order valence-electron chi connectivity index (χ2n) is 5.88. The van der Waals surface area contributed by atoms with Gasteiger partial charge >= 0.3 is 0 Å². The summed E-state index contributed by atoms with van der Waals surface area (Å²) in [6.07, 6.45) is 1.30. The average Bonchev–Trinajstić information content (AvgIpc) is 2.88. The molecule has 1 aromatic carbocycles. The summed E-state index contributed by atoms with van der Waals surface area (Å²) < 4.78 is 28.2. The van der Waals surface area contributed by atoms with Crippen molar-refractivity contribution < 1.29 is 17.9 Å². The largest absolute Gasteiger partial charge is 0.496 e. The fourth-order valence-corrected chi connectivity index (χ4v) is 4.59. The van der Waals surface area contributed by atoms with E-state index in [-0.39, 0.29) is 30.0 Å². The van der Waals surface area contributed by atoms with Gasteiger partial charge < -0.3 is 10.1 Å². The molecule has 0 spiro atoms. The quantitative estimate of drug-likeness (QED) is 0.781. The van der Waals surface area contributed by atoms with E-state index in [1.807, 2.05) is 29.2 Å².